The maximum Gasteiger partial charge on any atom is 0.175 e. The smallest absolute Gasteiger partial charge is 0.175 e. The number of nitrogens with zero attached hydrogens (tertiary/aromatic N) is 2. The molecule has 0 unspecified atom stereocenters. The van der Waals surface area contributed by atoms with Crippen molar-refractivity contribution >= 4 is 15.4 Å². The third kappa shape index (κ3) is 3.19. The highest BCUT2D eigenvalue weighted by Crippen LogP contribution is 2.36. The fourth-order valence-corrected chi connectivity index (χ4v) is 3.73. The van der Waals surface area contributed by atoms with Crippen LogP contribution >= 0.6 is 0 Å². The van der Waals surface area contributed by atoms with Gasteiger partial charge in [0.2, 0.25) is 0 Å². The van der Waals surface area contributed by atoms with Crippen LogP contribution in [0.2, 0.25) is 0 Å². The number of pyridine rings is 1. The number of methoxy groups -OCH3 is 1. The second-order valence-electron chi connectivity index (χ2n) is 6.28. The molecule has 0 bridgehead atoms. The second-order valence-corrected chi connectivity index (χ2v) is 8.29. The SMILES string of the molecule is COc1ccc(-c2c(-c3ccc(S(C)(=O)=O)cc3)nn3ccccc23)cc1. The van der Waals surface area contributed by atoms with Crippen molar-refractivity contribution in [3.8, 4) is 28.1 Å². The van der Waals surface area contributed by atoms with Crippen LogP contribution in [-0.4, -0.2) is 31.4 Å². The maximum atomic E-state index is 11.7. The molecule has 0 atom stereocenters. The average molecular weight is 378 g/mol. The van der Waals surface area contributed by atoms with E-state index < -0.39 is 9.84 Å². The molecule has 4 rings (SSSR count). The van der Waals surface area contributed by atoms with E-state index in [4.69, 9.17) is 9.84 Å². The summed E-state index contributed by atoms with van der Waals surface area (Å²) >= 11 is 0. The summed E-state index contributed by atoms with van der Waals surface area (Å²) in [6, 6.07) is 20.6. The first-order valence-electron chi connectivity index (χ1n) is 8.39. The Bertz CT molecular complexity index is 1210. The molecule has 27 heavy (non-hydrogen) atoms. The van der Waals surface area contributed by atoms with Gasteiger partial charge in [-0.25, -0.2) is 12.9 Å². The van der Waals surface area contributed by atoms with Gasteiger partial charge in [-0.15, -0.1) is 0 Å². The monoisotopic (exact) mass is 378 g/mol. The first kappa shape index (κ1) is 17.3. The van der Waals surface area contributed by atoms with Gasteiger partial charge in [0.15, 0.2) is 9.84 Å². The number of ether oxygens (including phenoxy) is 1. The van der Waals surface area contributed by atoms with Crippen LogP contribution in [0.1, 0.15) is 0 Å². The minimum absolute atomic E-state index is 0.293. The van der Waals surface area contributed by atoms with Crippen molar-refractivity contribution in [1.82, 2.24) is 9.61 Å². The number of fused-ring (bicyclic) bond motifs is 1. The molecule has 0 spiro atoms. The summed E-state index contributed by atoms with van der Waals surface area (Å²) in [5.41, 5.74) is 4.64. The molecule has 0 radical (unpaired) electrons. The summed E-state index contributed by atoms with van der Waals surface area (Å²) in [5.74, 6) is 0.786. The van der Waals surface area contributed by atoms with E-state index >= 15 is 0 Å². The van der Waals surface area contributed by atoms with Gasteiger partial charge < -0.3 is 4.74 Å². The van der Waals surface area contributed by atoms with E-state index in [1.54, 1.807) is 31.4 Å². The minimum atomic E-state index is -3.24. The molecule has 136 valence electrons. The van der Waals surface area contributed by atoms with Crippen LogP contribution in [0.4, 0.5) is 0 Å². The standard InChI is InChI=1S/C21H18N2O3S/c1-26-17-10-6-15(7-11-17)20-19-5-3-4-14-23(19)22-21(20)16-8-12-18(13-9-16)27(2,24)25/h3-14H,1-2H3. The van der Waals surface area contributed by atoms with Crippen molar-refractivity contribution in [2.24, 2.45) is 0 Å². The van der Waals surface area contributed by atoms with E-state index in [2.05, 4.69) is 0 Å². The lowest BCUT2D eigenvalue weighted by atomic mass is 10.00. The lowest BCUT2D eigenvalue weighted by Crippen LogP contribution is -1.96. The van der Waals surface area contributed by atoms with Crippen LogP contribution in [0.5, 0.6) is 5.75 Å². The summed E-state index contributed by atoms with van der Waals surface area (Å²) in [6.45, 7) is 0. The van der Waals surface area contributed by atoms with Gasteiger partial charge >= 0.3 is 0 Å². The van der Waals surface area contributed by atoms with E-state index in [1.807, 2.05) is 53.2 Å². The van der Waals surface area contributed by atoms with Crippen LogP contribution in [0, 0.1) is 0 Å². The third-order valence-corrected chi connectivity index (χ3v) is 5.60. The molecule has 0 saturated carbocycles. The van der Waals surface area contributed by atoms with Crippen molar-refractivity contribution in [3.05, 3.63) is 72.9 Å². The van der Waals surface area contributed by atoms with Gasteiger partial charge in [-0.05, 0) is 42.0 Å². The Hall–Kier alpha value is -3.12. The predicted molar refractivity (Wildman–Crippen MR) is 106 cm³/mol. The highest BCUT2D eigenvalue weighted by atomic mass is 32.2. The zero-order chi connectivity index (χ0) is 19.0. The zero-order valence-electron chi connectivity index (χ0n) is 15.0. The van der Waals surface area contributed by atoms with E-state index in [0.29, 0.717) is 4.90 Å². The number of aromatic nitrogens is 2. The summed E-state index contributed by atoms with van der Waals surface area (Å²) in [5, 5.41) is 4.73. The Balaban J connectivity index is 1.92. The Labute approximate surface area is 157 Å². The van der Waals surface area contributed by atoms with E-state index in [9.17, 15) is 8.42 Å². The molecule has 0 aliphatic rings. The molecule has 2 aromatic heterocycles. The van der Waals surface area contributed by atoms with E-state index in [-0.39, 0.29) is 0 Å². The number of hydrogen-bond donors (Lipinski definition) is 0. The van der Waals surface area contributed by atoms with E-state index in [0.717, 1.165) is 33.7 Å². The van der Waals surface area contributed by atoms with Gasteiger partial charge in [-0.3, -0.25) is 0 Å². The van der Waals surface area contributed by atoms with Crippen LogP contribution in [0.15, 0.2) is 77.8 Å². The molecular formula is C21H18N2O3S. The zero-order valence-corrected chi connectivity index (χ0v) is 15.8. The topological polar surface area (TPSA) is 60.7 Å². The fraction of sp³-hybridized carbons (Fsp3) is 0.0952. The van der Waals surface area contributed by atoms with Crippen molar-refractivity contribution in [2.45, 2.75) is 4.90 Å². The second kappa shape index (κ2) is 6.55. The Morgan fingerprint density at radius 3 is 2.19 bits per heavy atom. The summed E-state index contributed by atoms with van der Waals surface area (Å²) in [6.07, 6.45) is 3.10. The Kier molecular flexibility index (Phi) is 4.20. The van der Waals surface area contributed by atoms with Crippen LogP contribution in [-0.2, 0) is 9.84 Å². The molecule has 6 heteroatoms. The predicted octanol–water partition coefficient (Wildman–Crippen LogP) is 4.08. The molecule has 2 aromatic carbocycles. The van der Waals surface area contributed by atoms with Crippen LogP contribution < -0.4 is 4.74 Å². The normalized spacial score (nSPS) is 11.6. The summed E-state index contributed by atoms with van der Waals surface area (Å²) < 4.78 is 30.6. The molecule has 0 aliphatic heterocycles. The number of hydrogen-bond acceptors (Lipinski definition) is 4. The summed E-state index contributed by atoms with van der Waals surface area (Å²) in [4.78, 5) is 0.293. The first-order chi connectivity index (χ1) is 13.0. The molecular weight excluding hydrogens is 360 g/mol. The largest absolute Gasteiger partial charge is 0.497 e. The summed E-state index contributed by atoms with van der Waals surface area (Å²) in [7, 11) is -1.60. The third-order valence-electron chi connectivity index (χ3n) is 4.47. The number of rotatable bonds is 4. The van der Waals surface area contributed by atoms with Crippen molar-refractivity contribution in [3.63, 3.8) is 0 Å². The lowest BCUT2D eigenvalue weighted by Gasteiger charge is -2.06. The van der Waals surface area contributed by atoms with Crippen molar-refractivity contribution < 1.29 is 13.2 Å². The molecule has 2 heterocycles. The first-order valence-corrected chi connectivity index (χ1v) is 10.3. The van der Waals surface area contributed by atoms with Crippen LogP contribution in [0.3, 0.4) is 0 Å². The molecule has 0 saturated heterocycles. The Morgan fingerprint density at radius 1 is 0.889 bits per heavy atom. The van der Waals surface area contributed by atoms with Gasteiger partial charge in [0, 0.05) is 23.6 Å². The van der Waals surface area contributed by atoms with Crippen molar-refractivity contribution in [2.75, 3.05) is 13.4 Å². The molecule has 0 aliphatic carbocycles. The van der Waals surface area contributed by atoms with Gasteiger partial charge in [-0.2, -0.15) is 5.10 Å². The highest BCUT2D eigenvalue weighted by molar-refractivity contribution is 7.90. The maximum absolute atomic E-state index is 11.7. The van der Waals surface area contributed by atoms with Gasteiger partial charge in [-0.1, -0.05) is 30.3 Å². The molecule has 0 fully saturated rings. The number of benzene rings is 2. The van der Waals surface area contributed by atoms with Gasteiger partial charge in [0.05, 0.1) is 17.5 Å². The Morgan fingerprint density at radius 2 is 1.56 bits per heavy atom. The number of sulfone groups is 1. The molecule has 0 N–H and O–H groups in total. The molecule has 5 nitrogen and oxygen atoms in total. The molecule has 0 amide bonds. The highest BCUT2D eigenvalue weighted by Gasteiger charge is 2.17. The average Bonchev–Trinajstić information content (AvgIpc) is 3.07. The van der Waals surface area contributed by atoms with Gasteiger partial charge in [0.1, 0.15) is 11.4 Å². The fourth-order valence-electron chi connectivity index (χ4n) is 3.10. The van der Waals surface area contributed by atoms with Gasteiger partial charge in [0.25, 0.3) is 0 Å². The minimum Gasteiger partial charge on any atom is -0.497 e. The van der Waals surface area contributed by atoms with E-state index in [1.165, 1.54) is 6.26 Å². The molecule has 4 aromatic rings. The van der Waals surface area contributed by atoms with Crippen LogP contribution in [0.25, 0.3) is 27.9 Å². The lowest BCUT2D eigenvalue weighted by molar-refractivity contribution is 0.415. The quantitative estimate of drug-likeness (QED) is 0.537. The van der Waals surface area contributed by atoms with Crippen molar-refractivity contribution in [1.29, 1.82) is 0 Å².